The van der Waals surface area contributed by atoms with Crippen LogP contribution in [0.1, 0.15) is 0 Å². The molecule has 3 aromatic rings. The number of morpholine rings is 1. The van der Waals surface area contributed by atoms with Crippen LogP contribution < -0.4 is 10.1 Å². The average Bonchev–Trinajstić information content (AvgIpc) is 3.07. The van der Waals surface area contributed by atoms with E-state index < -0.39 is 0 Å². The molecule has 1 aliphatic rings. The number of nitrogens with one attached hydrogen (secondary N) is 1. The first-order chi connectivity index (χ1) is 11.8. The van der Waals surface area contributed by atoms with Crippen molar-refractivity contribution in [2.75, 3.05) is 26.3 Å². The number of hydrogen-bond acceptors (Lipinski definition) is 6. The third-order valence-corrected chi connectivity index (χ3v) is 4.05. The van der Waals surface area contributed by atoms with Gasteiger partial charge in [-0.15, -0.1) is 0 Å². The molecule has 1 aliphatic heterocycles. The molecular weight excluding hydrogens is 306 g/mol. The van der Waals surface area contributed by atoms with Crippen molar-refractivity contribution in [2.45, 2.75) is 6.10 Å². The normalized spacial score (nSPS) is 18.0. The Morgan fingerprint density at radius 3 is 3.08 bits per heavy atom. The molecule has 1 fully saturated rings. The number of hydrogen-bond donors (Lipinski definition) is 1. The molecule has 1 saturated heterocycles. The lowest BCUT2D eigenvalue weighted by molar-refractivity contribution is 0.000515. The van der Waals surface area contributed by atoms with Crippen LogP contribution in [0.15, 0.2) is 37.1 Å². The van der Waals surface area contributed by atoms with E-state index in [1.807, 2.05) is 31.6 Å². The van der Waals surface area contributed by atoms with Crippen molar-refractivity contribution in [1.82, 2.24) is 25.1 Å². The Morgan fingerprint density at radius 2 is 2.29 bits per heavy atom. The van der Waals surface area contributed by atoms with E-state index in [-0.39, 0.29) is 6.10 Å². The van der Waals surface area contributed by atoms with Crippen molar-refractivity contribution in [1.29, 1.82) is 0 Å². The van der Waals surface area contributed by atoms with Gasteiger partial charge in [-0.05, 0) is 17.7 Å². The minimum absolute atomic E-state index is 0.0560. The highest BCUT2D eigenvalue weighted by Gasteiger charge is 2.16. The van der Waals surface area contributed by atoms with E-state index in [9.17, 15) is 0 Å². The van der Waals surface area contributed by atoms with Crippen LogP contribution in [-0.4, -0.2) is 52.2 Å². The first-order valence-corrected chi connectivity index (χ1v) is 7.97. The van der Waals surface area contributed by atoms with Crippen molar-refractivity contribution in [2.24, 2.45) is 7.05 Å². The zero-order valence-corrected chi connectivity index (χ0v) is 13.5. The highest BCUT2D eigenvalue weighted by Crippen LogP contribution is 2.31. The summed E-state index contributed by atoms with van der Waals surface area (Å²) in [4.78, 5) is 8.49. The van der Waals surface area contributed by atoms with Gasteiger partial charge in [0, 0.05) is 38.1 Å². The van der Waals surface area contributed by atoms with Gasteiger partial charge in [-0.25, -0.2) is 9.97 Å². The number of ether oxygens (including phenoxy) is 2. The Balaban J connectivity index is 1.66. The van der Waals surface area contributed by atoms with E-state index >= 15 is 0 Å². The maximum Gasteiger partial charge on any atom is 0.131 e. The summed E-state index contributed by atoms with van der Waals surface area (Å²) in [6.07, 6.45) is 7.19. The minimum atomic E-state index is 0.0560. The molecule has 24 heavy (non-hydrogen) atoms. The lowest BCUT2D eigenvalue weighted by atomic mass is 10.1. The predicted octanol–water partition coefficient (Wildman–Crippen LogP) is 1.40. The standard InChI is InChI=1S/C17H19N5O2/c1-22-9-13(6-21-22)12-4-16-15(8-19-11-20-16)17(5-12)24-10-14-7-18-2-3-23-14/h4-6,8-9,11,14,18H,2-3,7,10H2,1H3/t14-/m0/s1. The molecule has 3 heterocycles. The molecule has 1 atom stereocenters. The second-order valence-corrected chi connectivity index (χ2v) is 5.84. The molecule has 0 bridgehead atoms. The van der Waals surface area contributed by atoms with E-state index in [1.54, 1.807) is 17.2 Å². The Bertz CT molecular complexity index is 842. The molecular formula is C17H19N5O2. The zero-order chi connectivity index (χ0) is 16.4. The first-order valence-electron chi connectivity index (χ1n) is 7.97. The van der Waals surface area contributed by atoms with Gasteiger partial charge in [-0.3, -0.25) is 4.68 Å². The van der Waals surface area contributed by atoms with Gasteiger partial charge >= 0.3 is 0 Å². The molecule has 4 rings (SSSR count). The first kappa shape index (κ1) is 15.0. The fourth-order valence-electron chi connectivity index (χ4n) is 2.82. The molecule has 1 aromatic carbocycles. The maximum atomic E-state index is 6.06. The molecule has 2 aromatic heterocycles. The molecule has 0 saturated carbocycles. The number of nitrogens with zero attached hydrogens (tertiary/aromatic N) is 4. The summed E-state index contributed by atoms with van der Waals surface area (Å²) in [7, 11) is 1.90. The highest BCUT2D eigenvalue weighted by molar-refractivity contribution is 5.89. The topological polar surface area (TPSA) is 74.1 Å². The summed E-state index contributed by atoms with van der Waals surface area (Å²) >= 11 is 0. The van der Waals surface area contributed by atoms with E-state index in [4.69, 9.17) is 9.47 Å². The fraction of sp³-hybridized carbons (Fsp3) is 0.353. The molecule has 0 unspecified atom stereocenters. The molecule has 7 nitrogen and oxygen atoms in total. The lowest BCUT2D eigenvalue weighted by Gasteiger charge is -2.24. The third kappa shape index (κ3) is 3.08. The van der Waals surface area contributed by atoms with Gasteiger partial charge in [0.1, 0.15) is 24.8 Å². The van der Waals surface area contributed by atoms with Crippen LogP contribution in [0.25, 0.3) is 22.0 Å². The SMILES string of the molecule is Cn1cc(-c2cc(OC[C@@H]3CNCCO3)c3cncnc3c2)cn1. The second-order valence-electron chi connectivity index (χ2n) is 5.84. The lowest BCUT2D eigenvalue weighted by Crippen LogP contribution is -2.41. The Kier molecular flexibility index (Phi) is 4.10. The number of rotatable bonds is 4. The van der Waals surface area contributed by atoms with E-state index in [2.05, 4.69) is 20.4 Å². The largest absolute Gasteiger partial charge is 0.490 e. The number of aryl methyl sites for hydroxylation is 1. The van der Waals surface area contributed by atoms with Crippen LogP contribution in [0, 0.1) is 0 Å². The van der Waals surface area contributed by atoms with Gasteiger partial charge in [-0.2, -0.15) is 5.10 Å². The van der Waals surface area contributed by atoms with Crippen molar-refractivity contribution >= 4 is 10.9 Å². The zero-order valence-electron chi connectivity index (χ0n) is 13.5. The summed E-state index contributed by atoms with van der Waals surface area (Å²) in [6, 6.07) is 4.04. The number of aromatic nitrogens is 4. The summed E-state index contributed by atoms with van der Waals surface area (Å²) in [5.74, 6) is 0.765. The Morgan fingerprint density at radius 1 is 1.33 bits per heavy atom. The quantitative estimate of drug-likeness (QED) is 0.781. The van der Waals surface area contributed by atoms with Gasteiger partial charge in [0.15, 0.2) is 0 Å². The second kappa shape index (κ2) is 6.54. The molecule has 0 spiro atoms. The van der Waals surface area contributed by atoms with Crippen LogP contribution in [0.2, 0.25) is 0 Å². The Hall–Kier alpha value is -2.51. The molecule has 7 heteroatoms. The van der Waals surface area contributed by atoms with E-state index in [1.165, 1.54) is 0 Å². The van der Waals surface area contributed by atoms with Crippen LogP contribution in [0.5, 0.6) is 5.75 Å². The fourth-order valence-corrected chi connectivity index (χ4v) is 2.82. The summed E-state index contributed by atoms with van der Waals surface area (Å²) in [6.45, 7) is 2.90. The smallest absolute Gasteiger partial charge is 0.131 e. The van der Waals surface area contributed by atoms with Gasteiger partial charge in [0.2, 0.25) is 0 Å². The van der Waals surface area contributed by atoms with Crippen LogP contribution in [-0.2, 0) is 11.8 Å². The maximum absolute atomic E-state index is 6.06. The summed E-state index contributed by atoms with van der Waals surface area (Å²) in [5.41, 5.74) is 2.90. The van der Waals surface area contributed by atoms with Crippen LogP contribution in [0.4, 0.5) is 0 Å². The summed E-state index contributed by atoms with van der Waals surface area (Å²) < 4.78 is 13.5. The van der Waals surface area contributed by atoms with Gasteiger partial charge in [-0.1, -0.05) is 0 Å². The van der Waals surface area contributed by atoms with Crippen LogP contribution >= 0.6 is 0 Å². The number of benzene rings is 1. The van der Waals surface area contributed by atoms with Crippen molar-refractivity contribution in [3.8, 4) is 16.9 Å². The molecule has 0 amide bonds. The van der Waals surface area contributed by atoms with Gasteiger partial charge < -0.3 is 14.8 Å². The number of fused-ring (bicyclic) bond motifs is 1. The highest BCUT2D eigenvalue weighted by atomic mass is 16.5. The van der Waals surface area contributed by atoms with Crippen molar-refractivity contribution in [3.05, 3.63) is 37.1 Å². The van der Waals surface area contributed by atoms with Crippen molar-refractivity contribution in [3.63, 3.8) is 0 Å². The Labute approximate surface area is 139 Å². The van der Waals surface area contributed by atoms with E-state index in [0.29, 0.717) is 13.2 Å². The van der Waals surface area contributed by atoms with Gasteiger partial charge in [0.05, 0.1) is 23.7 Å². The molecule has 0 aliphatic carbocycles. The van der Waals surface area contributed by atoms with E-state index in [0.717, 1.165) is 40.9 Å². The predicted molar refractivity (Wildman–Crippen MR) is 89.8 cm³/mol. The molecule has 1 N–H and O–H groups in total. The summed E-state index contributed by atoms with van der Waals surface area (Å²) in [5, 5.41) is 8.44. The van der Waals surface area contributed by atoms with Crippen LogP contribution in [0.3, 0.4) is 0 Å². The third-order valence-electron chi connectivity index (χ3n) is 4.05. The monoisotopic (exact) mass is 325 g/mol. The minimum Gasteiger partial charge on any atom is -0.490 e. The van der Waals surface area contributed by atoms with Gasteiger partial charge in [0.25, 0.3) is 0 Å². The molecule has 0 radical (unpaired) electrons. The van der Waals surface area contributed by atoms with Crippen molar-refractivity contribution < 1.29 is 9.47 Å². The molecule has 124 valence electrons. The average molecular weight is 325 g/mol.